The summed E-state index contributed by atoms with van der Waals surface area (Å²) >= 11 is 0. The molecule has 25 heavy (non-hydrogen) atoms. The Hall–Kier alpha value is -2.24. The minimum atomic E-state index is -0.505. The molecule has 6 nitrogen and oxygen atoms in total. The highest BCUT2D eigenvalue weighted by Gasteiger charge is 2.30. The van der Waals surface area contributed by atoms with Gasteiger partial charge in [0, 0.05) is 25.6 Å². The molecule has 1 N–H and O–H groups in total. The number of likely N-dealkylation sites (tertiary alicyclic amines) is 1. The van der Waals surface area contributed by atoms with Crippen molar-refractivity contribution in [3.05, 3.63) is 29.8 Å². The Bertz CT molecular complexity index is 610. The topological polar surface area (TPSA) is 67.9 Å². The second-order valence-electron chi connectivity index (χ2n) is 7.33. The third-order valence-electron chi connectivity index (χ3n) is 3.98. The average molecular weight is 348 g/mol. The fourth-order valence-corrected chi connectivity index (χ4v) is 2.76. The number of rotatable bonds is 5. The van der Waals surface area contributed by atoms with Crippen molar-refractivity contribution < 1.29 is 19.1 Å². The summed E-state index contributed by atoms with van der Waals surface area (Å²) in [5.41, 5.74) is 0.561. The molecule has 0 spiro atoms. The zero-order valence-corrected chi connectivity index (χ0v) is 15.5. The molecule has 0 bridgehead atoms. The summed E-state index contributed by atoms with van der Waals surface area (Å²) in [6.45, 7) is 6.64. The standard InChI is InChI=1S/C19H28N2O4/c1-19(2,3)25-18(23)21-11-10-15(13-21)20-17(22)9-8-14-6-5-7-16(12-14)24-4/h5-7,12,15H,8-11,13H2,1-4H3,(H,20,22)/t15-/m1/s1. The second kappa shape index (κ2) is 8.23. The molecular weight excluding hydrogens is 320 g/mol. The maximum absolute atomic E-state index is 12.2. The lowest BCUT2D eigenvalue weighted by atomic mass is 10.1. The minimum Gasteiger partial charge on any atom is -0.497 e. The molecule has 2 amide bonds. The van der Waals surface area contributed by atoms with Crippen LogP contribution in [-0.4, -0.2) is 48.7 Å². The molecular formula is C19H28N2O4. The van der Waals surface area contributed by atoms with Crippen molar-refractivity contribution >= 4 is 12.0 Å². The van der Waals surface area contributed by atoms with Crippen molar-refractivity contribution in [2.45, 2.75) is 51.7 Å². The number of carbonyl (C=O) groups is 2. The minimum absolute atomic E-state index is 0.00106. The van der Waals surface area contributed by atoms with Gasteiger partial charge in [-0.15, -0.1) is 0 Å². The molecule has 1 aliphatic heterocycles. The Kier molecular flexibility index (Phi) is 6.28. The summed E-state index contributed by atoms with van der Waals surface area (Å²) in [6, 6.07) is 7.71. The highest BCUT2D eigenvalue weighted by molar-refractivity contribution is 5.77. The zero-order chi connectivity index (χ0) is 18.4. The van der Waals surface area contributed by atoms with Crippen LogP contribution >= 0.6 is 0 Å². The van der Waals surface area contributed by atoms with E-state index in [1.165, 1.54) is 0 Å². The lowest BCUT2D eigenvalue weighted by Crippen LogP contribution is -2.40. The van der Waals surface area contributed by atoms with E-state index in [2.05, 4.69) is 5.32 Å². The Balaban J connectivity index is 1.75. The van der Waals surface area contributed by atoms with E-state index in [1.807, 2.05) is 45.0 Å². The van der Waals surface area contributed by atoms with Crippen LogP contribution < -0.4 is 10.1 Å². The van der Waals surface area contributed by atoms with Crippen molar-refractivity contribution in [3.8, 4) is 5.75 Å². The van der Waals surface area contributed by atoms with Crippen LogP contribution in [0.1, 0.15) is 39.2 Å². The summed E-state index contributed by atoms with van der Waals surface area (Å²) in [5.74, 6) is 0.792. The molecule has 0 aromatic heterocycles. The molecule has 1 fully saturated rings. The molecule has 1 saturated heterocycles. The van der Waals surface area contributed by atoms with Gasteiger partial charge in [0.05, 0.1) is 7.11 Å². The molecule has 6 heteroatoms. The molecule has 1 atom stereocenters. The second-order valence-corrected chi connectivity index (χ2v) is 7.33. The van der Waals surface area contributed by atoms with Gasteiger partial charge in [0.15, 0.2) is 0 Å². The van der Waals surface area contributed by atoms with Crippen LogP contribution in [0.5, 0.6) is 5.75 Å². The average Bonchev–Trinajstić information content (AvgIpc) is 3.00. The van der Waals surface area contributed by atoms with E-state index in [4.69, 9.17) is 9.47 Å². The summed E-state index contributed by atoms with van der Waals surface area (Å²) in [4.78, 5) is 25.8. The number of hydrogen-bond acceptors (Lipinski definition) is 4. The molecule has 1 aliphatic rings. The van der Waals surface area contributed by atoms with Gasteiger partial charge < -0.3 is 19.7 Å². The quantitative estimate of drug-likeness (QED) is 0.888. The molecule has 2 rings (SSSR count). The molecule has 1 heterocycles. The van der Waals surface area contributed by atoms with Gasteiger partial charge in [-0.05, 0) is 51.3 Å². The zero-order valence-electron chi connectivity index (χ0n) is 15.5. The highest BCUT2D eigenvalue weighted by Crippen LogP contribution is 2.16. The number of ether oxygens (including phenoxy) is 2. The van der Waals surface area contributed by atoms with E-state index >= 15 is 0 Å². The van der Waals surface area contributed by atoms with Crippen molar-refractivity contribution in [1.29, 1.82) is 0 Å². The van der Waals surface area contributed by atoms with Crippen LogP contribution in [-0.2, 0) is 16.0 Å². The van der Waals surface area contributed by atoms with Gasteiger partial charge in [-0.2, -0.15) is 0 Å². The lowest BCUT2D eigenvalue weighted by molar-refractivity contribution is -0.121. The summed E-state index contributed by atoms with van der Waals surface area (Å²) in [5, 5.41) is 3.01. The Morgan fingerprint density at radius 3 is 2.76 bits per heavy atom. The number of nitrogens with zero attached hydrogens (tertiary/aromatic N) is 1. The van der Waals surface area contributed by atoms with Crippen molar-refractivity contribution in [3.63, 3.8) is 0 Å². The van der Waals surface area contributed by atoms with Crippen LogP contribution in [0, 0.1) is 0 Å². The summed E-state index contributed by atoms with van der Waals surface area (Å²) in [6.07, 6.45) is 1.51. The molecule has 0 unspecified atom stereocenters. The van der Waals surface area contributed by atoms with Crippen molar-refractivity contribution in [2.75, 3.05) is 20.2 Å². The fraction of sp³-hybridized carbons (Fsp3) is 0.579. The van der Waals surface area contributed by atoms with Crippen LogP contribution in [0.3, 0.4) is 0 Å². The van der Waals surface area contributed by atoms with Gasteiger partial charge in [0.1, 0.15) is 11.4 Å². The monoisotopic (exact) mass is 348 g/mol. The molecule has 0 radical (unpaired) electrons. The third kappa shape index (κ3) is 6.29. The highest BCUT2D eigenvalue weighted by atomic mass is 16.6. The number of amides is 2. The van der Waals surface area contributed by atoms with Crippen LogP contribution in [0.25, 0.3) is 0 Å². The van der Waals surface area contributed by atoms with E-state index in [0.29, 0.717) is 25.9 Å². The molecule has 1 aromatic rings. The van der Waals surface area contributed by atoms with E-state index in [1.54, 1.807) is 12.0 Å². The van der Waals surface area contributed by atoms with E-state index < -0.39 is 5.60 Å². The van der Waals surface area contributed by atoms with E-state index in [0.717, 1.165) is 17.7 Å². The first-order chi connectivity index (χ1) is 11.8. The van der Waals surface area contributed by atoms with Crippen LogP contribution in [0.15, 0.2) is 24.3 Å². The maximum atomic E-state index is 12.2. The van der Waals surface area contributed by atoms with Gasteiger partial charge in [0.25, 0.3) is 0 Å². The molecule has 0 saturated carbocycles. The van der Waals surface area contributed by atoms with Gasteiger partial charge in [-0.3, -0.25) is 4.79 Å². The number of hydrogen-bond donors (Lipinski definition) is 1. The van der Waals surface area contributed by atoms with Gasteiger partial charge >= 0.3 is 6.09 Å². The number of carbonyl (C=O) groups excluding carboxylic acids is 2. The predicted octanol–water partition coefficient (Wildman–Crippen LogP) is 2.75. The van der Waals surface area contributed by atoms with Crippen LogP contribution in [0.4, 0.5) is 4.79 Å². The molecule has 0 aliphatic carbocycles. The first kappa shape index (κ1) is 19.1. The first-order valence-corrected chi connectivity index (χ1v) is 8.67. The van der Waals surface area contributed by atoms with E-state index in [-0.39, 0.29) is 18.0 Å². The Morgan fingerprint density at radius 2 is 2.08 bits per heavy atom. The Labute approximate surface area is 149 Å². The first-order valence-electron chi connectivity index (χ1n) is 8.67. The number of methoxy groups -OCH3 is 1. The normalized spacial score (nSPS) is 17.3. The van der Waals surface area contributed by atoms with Crippen molar-refractivity contribution in [1.82, 2.24) is 10.2 Å². The smallest absolute Gasteiger partial charge is 0.410 e. The Morgan fingerprint density at radius 1 is 1.32 bits per heavy atom. The molecule has 1 aromatic carbocycles. The summed E-state index contributed by atoms with van der Waals surface area (Å²) in [7, 11) is 1.63. The fourth-order valence-electron chi connectivity index (χ4n) is 2.76. The number of benzene rings is 1. The van der Waals surface area contributed by atoms with Crippen molar-refractivity contribution in [2.24, 2.45) is 0 Å². The van der Waals surface area contributed by atoms with E-state index in [9.17, 15) is 9.59 Å². The molecule has 138 valence electrons. The van der Waals surface area contributed by atoms with Crippen LogP contribution in [0.2, 0.25) is 0 Å². The summed E-state index contributed by atoms with van der Waals surface area (Å²) < 4.78 is 10.6. The van der Waals surface area contributed by atoms with Gasteiger partial charge in [0.2, 0.25) is 5.91 Å². The predicted molar refractivity (Wildman–Crippen MR) is 95.7 cm³/mol. The third-order valence-corrected chi connectivity index (χ3v) is 3.98. The lowest BCUT2D eigenvalue weighted by Gasteiger charge is -2.24. The SMILES string of the molecule is COc1cccc(CCC(=O)N[C@@H]2CCN(C(=O)OC(C)(C)C)C2)c1. The number of nitrogens with one attached hydrogen (secondary N) is 1. The van der Waals surface area contributed by atoms with Gasteiger partial charge in [-0.1, -0.05) is 12.1 Å². The van der Waals surface area contributed by atoms with Gasteiger partial charge in [-0.25, -0.2) is 4.79 Å². The number of aryl methyl sites for hydroxylation is 1. The largest absolute Gasteiger partial charge is 0.497 e. The maximum Gasteiger partial charge on any atom is 0.410 e.